The second kappa shape index (κ2) is 15.1. The third kappa shape index (κ3) is 7.15. The highest BCUT2D eigenvalue weighted by Crippen LogP contribution is 2.45. The number of halogens is 2. The van der Waals surface area contributed by atoms with Gasteiger partial charge in [0.2, 0.25) is 0 Å². The Hall–Kier alpha value is -4.55. The van der Waals surface area contributed by atoms with Gasteiger partial charge in [-0.1, -0.05) is 48.9 Å². The van der Waals surface area contributed by atoms with Crippen LogP contribution in [-0.2, 0) is 24.9 Å². The first-order chi connectivity index (χ1) is 26.5. The molecule has 1 unspecified atom stereocenters. The molecule has 1 N–H and O–H groups in total. The number of anilines is 1. The molecule has 3 aromatic carbocycles. The molecule has 1 atom stereocenters. The number of carbonyl (C=O) groups is 2. The zero-order chi connectivity index (χ0) is 40.4. The molecule has 56 heavy (non-hydrogen) atoms. The van der Waals surface area contributed by atoms with Gasteiger partial charge in [-0.3, -0.25) is 4.79 Å². The average Bonchev–Trinajstić information content (AvgIpc) is 3.76. The molecule has 0 fully saturated rings. The molecule has 0 spiro atoms. The van der Waals surface area contributed by atoms with Gasteiger partial charge in [0.15, 0.2) is 0 Å². The van der Waals surface area contributed by atoms with E-state index in [2.05, 4.69) is 31.1 Å². The Labute approximate surface area is 338 Å². The summed E-state index contributed by atoms with van der Waals surface area (Å²) in [6.45, 7) is 18.0. The minimum Gasteiger partial charge on any atom is -0.494 e. The van der Waals surface area contributed by atoms with Gasteiger partial charge in [-0.2, -0.15) is 5.10 Å². The lowest BCUT2D eigenvalue weighted by Crippen LogP contribution is -2.42. The quantitative estimate of drug-likeness (QED) is 0.0975. The van der Waals surface area contributed by atoms with E-state index in [4.69, 9.17) is 37.8 Å². The average molecular weight is 815 g/mol. The van der Waals surface area contributed by atoms with E-state index in [1.165, 1.54) is 0 Å². The van der Waals surface area contributed by atoms with Crippen LogP contribution in [0.5, 0.6) is 5.75 Å². The second-order valence-electron chi connectivity index (χ2n) is 16.3. The molecule has 0 bridgehead atoms. The van der Waals surface area contributed by atoms with Crippen molar-refractivity contribution in [2.75, 3.05) is 24.3 Å². The molecule has 1 aliphatic rings. The summed E-state index contributed by atoms with van der Waals surface area (Å²) in [6, 6.07) is 12.9. The number of carboxylic acids is 1. The van der Waals surface area contributed by atoms with Crippen LogP contribution in [0.2, 0.25) is 29.7 Å². The Kier molecular flexibility index (Phi) is 10.7. The molecule has 0 radical (unpaired) electrons. The summed E-state index contributed by atoms with van der Waals surface area (Å²) in [6.07, 6.45) is 3.74. The SMILES string of the molecule is Cc1cc(OCCCc2c3n(c4c(-c5c(C)nn(COC[Si](C)(C)C)c5C)c(Cl)ccc24)C(C)CN(c2cc(C(=O)O)c4ccn(C)c4c2)C3=O)cc(C)c1Cl. The number of fused-ring (bicyclic) bond motifs is 4. The summed E-state index contributed by atoms with van der Waals surface area (Å²) in [5, 5.41) is 18.0. The standard InChI is InChI=1S/C43H49Cl2N5O5Si/c1-24-17-30(18-25(2)39(24)45)55-16-10-11-32-33-12-13-35(44)38(37-27(4)46-49(28(37)5)22-54-23-56(7,8)9)40(33)50-26(3)21-48(42(51)41(32)50)29-19-34(43(52)53)31-14-15-47(6)36(31)20-29/h12-15,17-20,26H,10-11,16,21-23H2,1-9H3,(H,52,53). The fourth-order valence-electron chi connectivity index (χ4n) is 8.13. The van der Waals surface area contributed by atoms with Gasteiger partial charge in [0, 0.05) is 70.4 Å². The van der Waals surface area contributed by atoms with Crippen molar-refractivity contribution in [1.82, 2.24) is 18.9 Å². The molecule has 4 heterocycles. The van der Waals surface area contributed by atoms with E-state index in [-0.39, 0.29) is 17.5 Å². The van der Waals surface area contributed by atoms with Crippen LogP contribution >= 0.6 is 23.2 Å². The number of nitrogens with zero attached hydrogens (tertiary/aromatic N) is 5. The second-order valence-corrected chi connectivity index (χ2v) is 22.5. The smallest absolute Gasteiger partial charge is 0.336 e. The number of hydrogen-bond acceptors (Lipinski definition) is 5. The summed E-state index contributed by atoms with van der Waals surface area (Å²) in [7, 11) is 0.440. The van der Waals surface area contributed by atoms with Gasteiger partial charge >= 0.3 is 5.97 Å². The predicted molar refractivity (Wildman–Crippen MR) is 228 cm³/mol. The largest absolute Gasteiger partial charge is 0.494 e. The molecule has 3 aromatic heterocycles. The van der Waals surface area contributed by atoms with Crippen molar-refractivity contribution < 1.29 is 24.2 Å². The fraction of sp³-hybridized carbons (Fsp3) is 0.372. The van der Waals surface area contributed by atoms with E-state index in [1.54, 1.807) is 17.0 Å². The number of amides is 1. The highest BCUT2D eigenvalue weighted by molar-refractivity contribution is 6.76. The third-order valence-electron chi connectivity index (χ3n) is 10.7. The zero-order valence-corrected chi connectivity index (χ0v) is 36.0. The Morgan fingerprint density at radius 3 is 2.39 bits per heavy atom. The summed E-state index contributed by atoms with van der Waals surface area (Å²) in [5.74, 6) is -0.492. The van der Waals surface area contributed by atoms with Crippen LogP contribution in [0.1, 0.15) is 68.3 Å². The summed E-state index contributed by atoms with van der Waals surface area (Å²) >= 11 is 13.6. The fourth-order valence-corrected chi connectivity index (χ4v) is 9.19. The molecule has 6 aromatic rings. The number of aryl methyl sites for hydroxylation is 5. The molecule has 10 nitrogen and oxygen atoms in total. The van der Waals surface area contributed by atoms with Crippen LogP contribution in [0.15, 0.2) is 48.7 Å². The van der Waals surface area contributed by atoms with E-state index in [0.29, 0.717) is 60.7 Å². The molecular weight excluding hydrogens is 765 g/mol. The topological polar surface area (TPSA) is 104 Å². The summed E-state index contributed by atoms with van der Waals surface area (Å²) in [5.41, 5.74) is 9.17. The molecule has 1 aliphatic heterocycles. The van der Waals surface area contributed by atoms with Crippen molar-refractivity contribution in [1.29, 1.82) is 0 Å². The third-order valence-corrected chi connectivity index (χ3v) is 12.7. The zero-order valence-electron chi connectivity index (χ0n) is 33.5. The maximum absolute atomic E-state index is 15.1. The van der Waals surface area contributed by atoms with Crippen LogP contribution in [-0.4, -0.2) is 63.4 Å². The van der Waals surface area contributed by atoms with Crippen molar-refractivity contribution in [3.63, 3.8) is 0 Å². The van der Waals surface area contributed by atoms with Gasteiger partial charge in [-0.05, 0) is 101 Å². The van der Waals surface area contributed by atoms with Gasteiger partial charge in [-0.15, -0.1) is 0 Å². The van der Waals surface area contributed by atoms with E-state index >= 15 is 4.79 Å². The number of carbonyl (C=O) groups excluding carboxylic acids is 1. The molecule has 0 saturated heterocycles. The van der Waals surface area contributed by atoms with E-state index < -0.39 is 14.0 Å². The molecule has 1 amide bonds. The lowest BCUT2D eigenvalue weighted by molar-refractivity contribution is 0.0698. The van der Waals surface area contributed by atoms with Crippen molar-refractivity contribution in [2.24, 2.45) is 7.05 Å². The lowest BCUT2D eigenvalue weighted by atomic mass is 9.98. The number of hydrogen-bond donors (Lipinski definition) is 1. The Bertz CT molecular complexity index is 2520. The molecular formula is C43H49Cl2N5O5Si. The minimum absolute atomic E-state index is 0.153. The number of rotatable bonds is 12. The van der Waals surface area contributed by atoms with Crippen molar-refractivity contribution in [2.45, 2.75) is 79.9 Å². The molecule has 7 rings (SSSR count). The van der Waals surface area contributed by atoms with Crippen LogP contribution < -0.4 is 9.64 Å². The van der Waals surface area contributed by atoms with Crippen LogP contribution in [0.3, 0.4) is 0 Å². The van der Waals surface area contributed by atoms with Crippen molar-refractivity contribution in [3.05, 3.63) is 98.0 Å². The lowest BCUT2D eigenvalue weighted by Gasteiger charge is -2.34. The van der Waals surface area contributed by atoms with Crippen LogP contribution in [0.25, 0.3) is 32.9 Å². The van der Waals surface area contributed by atoms with Crippen LogP contribution in [0.4, 0.5) is 5.69 Å². The highest BCUT2D eigenvalue weighted by Gasteiger charge is 2.37. The number of carboxylic acid groups (broad SMARTS) is 1. The van der Waals surface area contributed by atoms with Crippen LogP contribution in [0, 0.1) is 27.7 Å². The summed E-state index contributed by atoms with van der Waals surface area (Å²) < 4.78 is 18.3. The normalized spacial score (nSPS) is 14.7. The van der Waals surface area contributed by atoms with Gasteiger partial charge < -0.3 is 28.6 Å². The van der Waals surface area contributed by atoms with Gasteiger partial charge in [0.05, 0.1) is 42.0 Å². The molecule has 0 aliphatic carbocycles. The monoisotopic (exact) mass is 813 g/mol. The minimum atomic E-state index is -1.43. The number of aromatic nitrogens is 4. The predicted octanol–water partition coefficient (Wildman–Crippen LogP) is 10.3. The Balaban J connectivity index is 1.36. The first kappa shape index (κ1) is 39.7. The first-order valence-electron chi connectivity index (χ1n) is 19.0. The first-order valence-corrected chi connectivity index (χ1v) is 23.4. The van der Waals surface area contributed by atoms with Crippen molar-refractivity contribution >= 4 is 70.6 Å². The maximum atomic E-state index is 15.1. The highest BCUT2D eigenvalue weighted by atomic mass is 35.5. The van der Waals surface area contributed by atoms with Gasteiger partial charge in [-0.25, -0.2) is 9.48 Å². The van der Waals surface area contributed by atoms with E-state index in [9.17, 15) is 9.90 Å². The van der Waals surface area contributed by atoms with Gasteiger partial charge in [0.1, 0.15) is 18.2 Å². The number of aromatic carboxylic acids is 1. The Morgan fingerprint density at radius 1 is 1.00 bits per heavy atom. The maximum Gasteiger partial charge on any atom is 0.336 e. The molecule has 294 valence electrons. The summed E-state index contributed by atoms with van der Waals surface area (Å²) in [4.78, 5) is 29.3. The van der Waals surface area contributed by atoms with E-state index in [0.717, 1.165) is 66.4 Å². The Morgan fingerprint density at radius 2 is 1.71 bits per heavy atom. The number of benzene rings is 3. The molecule has 13 heteroatoms. The van der Waals surface area contributed by atoms with Gasteiger partial charge in [0.25, 0.3) is 5.91 Å². The van der Waals surface area contributed by atoms with E-state index in [1.807, 2.05) is 80.5 Å². The number of ether oxygens (including phenoxy) is 2. The van der Waals surface area contributed by atoms with Crippen molar-refractivity contribution in [3.8, 4) is 16.9 Å². The molecule has 0 saturated carbocycles.